The van der Waals surface area contributed by atoms with Crippen LogP contribution >= 0.6 is 0 Å². The van der Waals surface area contributed by atoms with Crippen LogP contribution in [-0.4, -0.2) is 35.4 Å². The maximum Gasteiger partial charge on any atom is 0.232 e. The molecule has 7 nitrogen and oxygen atoms in total. The van der Waals surface area contributed by atoms with Crippen molar-refractivity contribution in [2.24, 2.45) is 5.92 Å². The second-order valence-electron chi connectivity index (χ2n) is 6.20. The van der Waals surface area contributed by atoms with Gasteiger partial charge in [-0.15, -0.1) is 0 Å². The Labute approximate surface area is 150 Å². The lowest BCUT2D eigenvalue weighted by Crippen LogP contribution is -2.28. The van der Waals surface area contributed by atoms with Gasteiger partial charge in [0, 0.05) is 24.7 Å². The van der Waals surface area contributed by atoms with E-state index in [0.29, 0.717) is 18.2 Å². The van der Waals surface area contributed by atoms with Crippen molar-refractivity contribution in [2.75, 3.05) is 23.9 Å². The molecule has 0 spiro atoms. The number of amides is 2. The van der Waals surface area contributed by atoms with E-state index in [9.17, 15) is 9.59 Å². The highest BCUT2D eigenvalue weighted by molar-refractivity contribution is 6.03. The highest BCUT2D eigenvalue weighted by Crippen LogP contribution is 2.28. The van der Waals surface area contributed by atoms with Gasteiger partial charge in [-0.2, -0.15) is 0 Å². The molecule has 1 saturated heterocycles. The highest BCUT2D eigenvalue weighted by atomic mass is 16.5. The van der Waals surface area contributed by atoms with Gasteiger partial charge in [0.15, 0.2) is 0 Å². The smallest absolute Gasteiger partial charge is 0.232 e. The van der Waals surface area contributed by atoms with Crippen LogP contribution in [0.5, 0.6) is 5.75 Å². The number of ether oxygens (including phenoxy) is 1. The zero-order valence-corrected chi connectivity index (χ0v) is 14.2. The molecule has 0 radical (unpaired) electrons. The number of nitrogens with one attached hydrogen (secondary N) is 2. The summed E-state index contributed by atoms with van der Waals surface area (Å²) in [5.41, 5.74) is 2.36. The minimum absolute atomic E-state index is 0.0805. The van der Waals surface area contributed by atoms with Crippen molar-refractivity contribution in [3.63, 3.8) is 0 Å². The molecule has 1 fully saturated rings. The van der Waals surface area contributed by atoms with Gasteiger partial charge >= 0.3 is 0 Å². The summed E-state index contributed by atoms with van der Waals surface area (Å²) >= 11 is 0. The summed E-state index contributed by atoms with van der Waals surface area (Å²) in [5.74, 6) is 0.335. The number of hydrogen-bond donors (Lipinski definition) is 2. The highest BCUT2D eigenvalue weighted by Gasteiger charge is 2.35. The average molecular weight is 350 g/mol. The second kappa shape index (κ2) is 6.51. The van der Waals surface area contributed by atoms with Gasteiger partial charge in [-0.05, 0) is 24.3 Å². The van der Waals surface area contributed by atoms with Gasteiger partial charge in [0.05, 0.1) is 24.1 Å². The third-order valence-electron chi connectivity index (χ3n) is 4.49. The molecule has 2 heterocycles. The molecular weight excluding hydrogens is 332 g/mol. The maximum absolute atomic E-state index is 12.6. The molecule has 7 heteroatoms. The number of aromatic nitrogens is 2. The van der Waals surface area contributed by atoms with Crippen LogP contribution in [0.15, 0.2) is 48.5 Å². The van der Waals surface area contributed by atoms with E-state index < -0.39 is 5.92 Å². The molecule has 3 aromatic rings. The number of fused-ring (bicyclic) bond motifs is 1. The Balaban J connectivity index is 1.48. The van der Waals surface area contributed by atoms with Gasteiger partial charge in [-0.1, -0.05) is 18.2 Å². The van der Waals surface area contributed by atoms with E-state index in [1.165, 1.54) is 0 Å². The predicted octanol–water partition coefficient (Wildman–Crippen LogP) is 2.56. The Morgan fingerprint density at radius 2 is 2.12 bits per heavy atom. The third-order valence-corrected chi connectivity index (χ3v) is 4.49. The van der Waals surface area contributed by atoms with Gasteiger partial charge < -0.3 is 14.6 Å². The molecule has 2 aromatic carbocycles. The van der Waals surface area contributed by atoms with Crippen molar-refractivity contribution in [1.82, 2.24) is 9.97 Å². The first kappa shape index (κ1) is 16.1. The van der Waals surface area contributed by atoms with Gasteiger partial charge in [-0.3, -0.25) is 14.9 Å². The van der Waals surface area contributed by atoms with Crippen LogP contribution in [0.25, 0.3) is 11.0 Å². The summed E-state index contributed by atoms with van der Waals surface area (Å²) in [4.78, 5) is 33.9. The number of H-pyrrole nitrogens is 1. The summed E-state index contributed by atoms with van der Waals surface area (Å²) in [6, 6.07) is 14.8. The number of aromatic amines is 1. The summed E-state index contributed by atoms with van der Waals surface area (Å²) < 4.78 is 5.20. The Bertz CT molecular complexity index is 949. The molecule has 1 aliphatic rings. The van der Waals surface area contributed by atoms with E-state index in [0.717, 1.165) is 16.7 Å². The van der Waals surface area contributed by atoms with Crippen LogP contribution < -0.4 is 15.0 Å². The fourth-order valence-corrected chi connectivity index (χ4v) is 3.14. The summed E-state index contributed by atoms with van der Waals surface area (Å²) in [6.07, 6.45) is 0.170. The number of carbonyl (C=O) groups is 2. The van der Waals surface area contributed by atoms with Crippen LogP contribution in [0.1, 0.15) is 6.42 Å². The number of para-hydroxylation sites is 2. The third kappa shape index (κ3) is 2.99. The molecule has 2 amide bonds. The van der Waals surface area contributed by atoms with Gasteiger partial charge in [0.1, 0.15) is 5.75 Å². The zero-order chi connectivity index (χ0) is 18.1. The minimum atomic E-state index is -0.429. The van der Waals surface area contributed by atoms with Gasteiger partial charge in [0.2, 0.25) is 17.8 Å². The number of benzene rings is 2. The van der Waals surface area contributed by atoms with Gasteiger partial charge in [-0.25, -0.2) is 4.98 Å². The number of methoxy groups -OCH3 is 1. The van der Waals surface area contributed by atoms with E-state index >= 15 is 0 Å². The first-order chi connectivity index (χ1) is 12.6. The average Bonchev–Trinajstić information content (AvgIpc) is 3.24. The van der Waals surface area contributed by atoms with E-state index in [2.05, 4.69) is 15.3 Å². The Morgan fingerprint density at radius 3 is 2.92 bits per heavy atom. The van der Waals surface area contributed by atoms with Crippen LogP contribution in [0.2, 0.25) is 0 Å². The number of imidazole rings is 1. The van der Waals surface area contributed by atoms with Crippen molar-refractivity contribution in [3.8, 4) is 5.75 Å². The van der Waals surface area contributed by atoms with E-state index in [1.54, 1.807) is 18.1 Å². The van der Waals surface area contributed by atoms with Crippen LogP contribution in [0, 0.1) is 5.92 Å². The topological polar surface area (TPSA) is 87.3 Å². The monoisotopic (exact) mass is 350 g/mol. The molecule has 1 aliphatic heterocycles. The Hall–Kier alpha value is -3.35. The van der Waals surface area contributed by atoms with E-state index in [1.807, 2.05) is 42.5 Å². The number of nitrogens with zero attached hydrogens (tertiary/aromatic N) is 2. The van der Waals surface area contributed by atoms with Crippen LogP contribution in [0.4, 0.5) is 11.6 Å². The fraction of sp³-hybridized carbons (Fsp3) is 0.211. The first-order valence-corrected chi connectivity index (χ1v) is 8.34. The zero-order valence-electron chi connectivity index (χ0n) is 14.2. The van der Waals surface area contributed by atoms with Crippen molar-refractivity contribution in [3.05, 3.63) is 48.5 Å². The minimum Gasteiger partial charge on any atom is -0.497 e. The molecule has 0 bridgehead atoms. The van der Waals surface area contributed by atoms with Crippen molar-refractivity contribution in [2.45, 2.75) is 6.42 Å². The van der Waals surface area contributed by atoms with E-state index in [4.69, 9.17) is 4.74 Å². The fourth-order valence-electron chi connectivity index (χ4n) is 3.14. The molecule has 2 N–H and O–H groups in total. The quantitative estimate of drug-likeness (QED) is 0.757. The standard InChI is InChI=1S/C19H18N4O3/c1-26-14-6-4-5-13(10-14)23-11-12(9-17(23)24)18(25)22-19-20-15-7-2-3-8-16(15)21-19/h2-8,10,12H,9,11H2,1H3,(H2,20,21,22,25)/t12-/m0/s1. The maximum atomic E-state index is 12.6. The van der Waals surface area contributed by atoms with Crippen molar-refractivity contribution in [1.29, 1.82) is 0 Å². The molecule has 26 heavy (non-hydrogen) atoms. The lowest BCUT2D eigenvalue weighted by Gasteiger charge is -2.17. The Morgan fingerprint density at radius 1 is 1.27 bits per heavy atom. The van der Waals surface area contributed by atoms with Gasteiger partial charge in [0.25, 0.3) is 0 Å². The molecule has 1 atom stereocenters. The number of carbonyl (C=O) groups excluding carboxylic acids is 2. The SMILES string of the molecule is COc1cccc(N2C[C@@H](C(=O)Nc3nc4ccccc4[nH]3)CC2=O)c1. The summed E-state index contributed by atoms with van der Waals surface area (Å²) in [6.45, 7) is 0.331. The van der Waals surface area contributed by atoms with Crippen molar-refractivity contribution >= 4 is 34.5 Å². The normalized spacial score (nSPS) is 16.9. The van der Waals surface area contributed by atoms with E-state index in [-0.39, 0.29) is 18.2 Å². The Kier molecular flexibility index (Phi) is 4.04. The lowest BCUT2D eigenvalue weighted by molar-refractivity contribution is -0.122. The molecule has 0 unspecified atom stereocenters. The molecular formula is C19H18N4O3. The summed E-state index contributed by atoms with van der Waals surface area (Å²) in [5, 5.41) is 2.78. The number of hydrogen-bond acceptors (Lipinski definition) is 4. The number of rotatable bonds is 4. The summed E-state index contributed by atoms with van der Waals surface area (Å²) in [7, 11) is 1.58. The lowest BCUT2D eigenvalue weighted by atomic mass is 10.1. The predicted molar refractivity (Wildman–Crippen MR) is 98.2 cm³/mol. The molecule has 0 saturated carbocycles. The van der Waals surface area contributed by atoms with Crippen LogP contribution in [-0.2, 0) is 9.59 Å². The van der Waals surface area contributed by atoms with Crippen LogP contribution in [0.3, 0.4) is 0 Å². The molecule has 0 aliphatic carbocycles. The molecule has 4 rings (SSSR count). The largest absolute Gasteiger partial charge is 0.497 e. The number of anilines is 2. The van der Waals surface area contributed by atoms with Crippen molar-refractivity contribution < 1.29 is 14.3 Å². The molecule has 132 valence electrons. The second-order valence-corrected chi connectivity index (χ2v) is 6.20. The molecule has 1 aromatic heterocycles. The first-order valence-electron chi connectivity index (χ1n) is 8.34.